The summed E-state index contributed by atoms with van der Waals surface area (Å²) in [5, 5.41) is 11.3. The number of aromatic nitrogens is 6. The van der Waals surface area contributed by atoms with Crippen LogP contribution in [0.2, 0.25) is 5.15 Å². The van der Waals surface area contributed by atoms with E-state index >= 15 is 0 Å². The fourth-order valence-electron chi connectivity index (χ4n) is 7.54. The molecule has 0 amide bonds. The quantitative estimate of drug-likeness (QED) is 0.0809. The SMILES string of the molecule is Clc1ncnc2cnccc12.O=C(Cc1ccc(F)cc1)C1(C(=O)Cc2ccc(Oc3ncnc4cnccc34)cc2)CC1.O=C(Cc1ccc(O)cc1)C1(C(=O)Cc2ccc(F)cc2)CC1. The van der Waals surface area contributed by atoms with Crippen LogP contribution >= 0.6 is 11.6 Å². The molecule has 0 unspecified atom stereocenters. The molecule has 0 saturated heterocycles. The van der Waals surface area contributed by atoms with Crippen LogP contribution in [0.3, 0.4) is 0 Å². The van der Waals surface area contributed by atoms with Crippen LogP contribution in [0.15, 0.2) is 147 Å². The van der Waals surface area contributed by atoms with Gasteiger partial charge in [0.05, 0.1) is 39.6 Å². The number of phenols is 1. The first-order valence-corrected chi connectivity index (χ1v) is 21.7. The molecule has 8 aromatic rings. The van der Waals surface area contributed by atoms with E-state index in [0.717, 1.165) is 38.5 Å². The Morgan fingerprint density at radius 1 is 0.522 bits per heavy atom. The number of phenolic OH excluding ortho intramolecular Hbond substituents is 1. The number of ketones is 4. The maximum absolute atomic E-state index is 13.1. The van der Waals surface area contributed by atoms with Crippen LogP contribution in [0.4, 0.5) is 8.78 Å². The molecule has 0 radical (unpaired) electrons. The van der Waals surface area contributed by atoms with E-state index in [0.29, 0.717) is 48.0 Å². The lowest BCUT2D eigenvalue weighted by molar-refractivity contribution is -0.135. The molecule has 2 aliphatic carbocycles. The Bertz CT molecular complexity index is 3000. The predicted octanol–water partition coefficient (Wildman–Crippen LogP) is 9.57. The normalized spacial score (nSPS) is 13.8. The summed E-state index contributed by atoms with van der Waals surface area (Å²) < 4.78 is 31.9. The smallest absolute Gasteiger partial charge is 0.230 e. The first-order chi connectivity index (χ1) is 32.4. The van der Waals surface area contributed by atoms with Crippen molar-refractivity contribution in [2.24, 2.45) is 10.8 Å². The van der Waals surface area contributed by atoms with Crippen molar-refractivity contribution in [2.45, 2.75) is 51.4 Å². The lowest BCUT2D eigenvalue weighted by atomic mass is 9.88. The van der Waals surface area contributed by atoms with E-state index in [4.69, 9.17) is 16.3 Å². The van der Waals surface area contributed by atoms with Crippen molar-refractivity contribution in [2.75, 3.05) is 0 Å². The van der Waals surface area contributed by atoms with Crippen molar-refractivity contribution < 1.29 is 37.8 Å². The van der Waals surface area contributed by atoms with Gasteiger partial charge in [-0.25, -0.2) is 28.7 Å². The lowest BCUT2D eigenvalue weighted by Crippen LogP contribution is -2.28. The summed E-state index contributed by atoms with van der Waals surface area (Å²) in [5.41, 5.74) is 2.72. The highest BCUT2D eigenvalue weighted by Crippen LogP contribution is 2.50. The van der Waals surface area contributed by atoms with Crippen LogP contribution in [-0.4, -0.2) is 58.1 Å². The van der Waals surface area contributed by atoms with Gasteiger partial charge in [-0.15, -0.1) is 0 Å². The van der Waals surface area contributed by atoms with E-state index in [1.807, 2.05) is 12.1 Å². The molecule has 15 heteroatoms. The molecule has 2 saturated carbocycles. The molecule has 0 spiro atoms. The number of nitrogens with zero attached hydrogens (tertiary/aromatic N) is 6. The fourth-order valence-corrected chi connectivity index (χ4v) is 7.74. The number of Topliss-reactive ketones (excluding diaryl/α,β-unsaturated/α-hetero) is 4. The summed E-state index contributed by atoms with van der Waals surface area (Å²) in [4.78, 5) is 75.0. The van der Waals surface area contributed by atoms with Crippen molar-refractivity contribution >= 4 is 56.5 Å². The van der Waals surface area contributed by atoms with E-state index in [1.165, 1.54) is 49.1 Å². The summed E-state index contributed by atoms with van der Waals surface area (Å²) in [5.74, 6) is 0.136. The average Bonchev–Trinajstić information content (AvgIpc) is 4.29. The van der Waals surface area contributed by atoms with Crippen LogP contribution in [0.1, 0.15) is 47.9 Å². The van der Waals surface area contributed by atoms with Gasteiger partial charge in [-0.05, 0) is 109 Å². The number of carbonyl (C=O) groups is 4. The Kier molecular flexibility index (Phi) is 13.8. The summed E-state index contributed by atoms with van der Waals surface area (Å²) in [6, 6.07) is 28.8. The van der Waals surface area contributed by atoms with Gasteiger partial charge < -0.3 is 9.84 Å². The predicted molar refractivity (Wildman–Crippen MR) is 245 cm³/mol. The third-order valence-electron chi connectivity index (χ3n) is 11.8. The van der Waals surface area contributed by atoms with Gasteiger partial charge in [0.15, 0.2) is 23.1 Å². The van der Waals surface area contributed by atoms with Gasteiger partial charge >= 0.3 is 0 Å². The topological polar surface area (TPSA) is 175 Å². The number of ether oxygens (including phenoxy) is 1. The van der Waals surface area contributed by atoms with E-state index in [2.05, 4.69) is 29.9 Å². The van der Waals surface area contributed by atoms with Crippen LogP contribution in [-0.2, 0) is 44.9 Å². The maximum Gasteiger partial charge on any atom is 0.230 e. The highest BCUT2D eigenvalue weighted by molar-refractivity contribution is 6.33. The second-order valence-corrected chi connectivity index (χ2v) is 16.7. The minimum atomic E-state index is -0.905. The number of hydrogen-bond donors (Lipinski definition) is 1. The van der Waals surface area contributed by atoms with Crippen molar-refractivity contribution in [3.05, 3.63) is 186 Å². The minimum Gasteiger partial charge on any atom is -0.508 e. The standard InChI is InChI=1S/C26H20FN3O3.C19H17FO3.C7H4ClN3/c27-19-5-1-17(2-6-19)13-23(31)26(10-11-26)24(32)14-18-3-7-20(8-4-18)33-25-21-9-12-28-15-22(21)29-16-30-25;20-15-5-1-13(2-6-15)11-17(22)19(9-10-19)18(23)12-14-3-7-16(21)8-4-14;8-7-5-1-2-9-3-6(5)10-4-11-7/h1-9,12,15-16H,10-11,13-14H2;1-8,21H,9-12H2;1-4H. The first kappa shape index (κ1) is 45.8. The molecule has 2 fully saturated rings. The molecule has 0 atom stereocenters. The molecule has 4 aromatic heterocycles. The van der Waals surface area contributed by atoms with Gasteiger partial charge in [-0.1, -0.05) is 60.1 Å². The van der Waals surface area contributed by atoms with Crippen LogP contribution in [0.5, 0.6) is 17.4 Å². The minimum absolute atomic E-state index is 0.0717. The second kappa shape index (κ2) is 20.2. The van der Waals surface area contributed by atoms with Gasteiger partial charge in [0.1, 0.15) is 40.9 Å². The molecule has 336 valence electrons. The molecule has 12 nitrogen and oxygen atoms in total. The third-order valence-corrected chi connectivity index (χ3v) is 12.1. The van der Waals surface area contributed by atoms with Gasteiger partial charge in [-0.2, -0.15) is 0 Å². The summed E-state index contributed by atoms with van der Waals surface area (Å²) in [7, 11) is 0. The Balaban J connectivity index is 0.000000154. The van der Waals surface area contributed by atoms with Crippen LogP contribution in [0, 0.1) is 22.5 Å². The van der Waals surface area contributed by atoms with E-state index < -0.39 is 10.8 Å². The Morgan fingerprint density at radius 3 is 1.34 bits per heavy atom. The Labute approximate surface area is 388 Å². The largest absolute Gasteiger partial charge is 0.508 e. The van der Waals surface area contributed by atoms with Crippen molar-refractivity contribution in [1.29, 1.82) is 0 Å². The van der Waals surface area contributed by atoms with E-state index in [1.54, 1.807) is 85.5 Å². The summed E-state index contributed by atoms with van der Waals surface area (Å²) in [6.45, 7) is 0. The maximum atomic E-state index is 13.1. The Morgan fingerprint density at radius 2 is 0.910 bits per heavy atom. The fraction of sp³-hybridized carbons (Fsp3) is 0.192. The van der Waals surface area contributed by atoms with Gasteiger partial charge in [-0.3, -0.25) is 29.1 Å². The van der Waals surface area contributed by atoms with E-state index in [9.17, 15) is 33.1 Å². The molecule has 1 N–H and O–H groups in total. The molecule has 4 aromatic carbocycles. The first-order valence-electron chi connectivity index (χ1n) is 21.3. The number of halogens is 3. The molecule has 10 rings (SSSR count). The van der Waals surface area contributed by atoms with Crippen molar-refractivity contribution in [3.8, 4) is 17.4 Å². The molecule has 0 bridgehead atoms. The van der Waals surface area contributed by atoms with E-state index in [-0.39, 0.29) is 66.2 Å². The number of hydrogen-bond acceptors (Lipinski definition) is 12. The second-order valence-electron chi connectivity index (χ2n) is 16.4. The molecular formula is C52H41ClF2N6O6. The number of carbonyl (C=O) groups excluding carboxylic acids is 4. The molecule has 67 heavy (non-hydrogen) atoms. The third kappa shape index (κ3) is 11.2. The number of rotatable bonds is 14. The molecular weight excluding hydrogens is 878 g/mol. The average molecular weight is 919 g/mol. The lowest BCUT2D eigenvalue weighted by Gasteiger charge is -2.13. The highest BCUT2D eigenvalue weighted by atomic mass is 35.5. The van der Waals surface area contributed by atoms with Crippen LogP contribution in [0.25, 0.3) is 21.8 Å². The van der Waals surface area contributed by atoms with Crippen LogP contribution < -0.4 is 4.74 Å². The number of benzene rings is 4. The zero-order valence-corrected chi connectivity index (χ0v) is 36.6. The summed E-state index contributed by atoms with van der Waals surface area (Å²) in [6.07, 6.45) is 12.4. The highest BCUT2D eigenvalue weighted by Gasteiger charge is 2.55. The van der Waals surface area contributed by atoms with Gasteiger partial charge in [0, 0.05) is 43.5 Å². The van der Waals surface area contributed by atoms with Gasteiger partial charge in [0.2, 0.25) is 5.88 Å². The van der Waals surface area contributed by atoms with Crippen molar-refractivity contribution in [1.82, 2.24) is 29.9 Å². The zero-order chi connectivity index (χ0) is 47.0. The molecule has 2 aliphatic rings. The number of pyridine rings is 2. The molecule has 0 aliphatic heterocycles. The summed E-state index contributed by atoms with van der Waals surface area (Å²) >= 11 is 5.78. The monoisotopic (exact) mass is 918 g/mol. The molecule has 4 heterocycles. The number of aromatic hydroxyl groups is 1. The van der Waals surface area contributed by atoms with Crippen molar-refractivity contribution in [3.63, 3.8) is 0 Å². The van der Waals surface area contributed by atoms with Gasteiger partial charge in [0.25, 0.3) is 0 Å². The number of fused-ring (bicyclic) bond motifs is 2. The zero-order valence-electron chi connectivity index (χ0n) is 35.8. The Hall–Kier alpha value is -7.71.